The number of hydrogen-bond acceptors (Lipinski definition) is 2. The van der Waals surface area contributed by atoms with Gasteiger partial charge in [0.1, 0.15) is 0 Å². The van der Waals surface area contributed by atoms with Crippen LogP contribution in [-0.4, -0.2) is 15.2 Å². The van der Waals surface area contributed by atoms with Gasteiger partial charge in [-0.2, -0.15) is 5.10 Å². The first-order chi connectivity index (χ1) is 9.31. The zero-order valence-corrected chi connectivity index (χ0v) is 11.1. The molecule has 0 amide bonds. The summed E-state index contributed by atoms with van der Waals surface area (Å²) < 4.78 is 0. The van der Waals surface area contributed by atoms with Crippen LogP contribution in [0.3, 0.4) is 0 Å². The second-order valence-corrected chi connectivity index (χ2v) is 5.70. The van der Waals surface area contributed by atoms with Crippen LogP contribution in [-0.2, 0) is 6.42 Å². The summed E-state index contributed by atoms with van der Waals surface area (Å²) in [6.45, 7) is 2.20. The molecule has 0 atom stereocenters. The number of rotatable bonds is 2. The summed E-state index contributed by atoms with van der Waals surface area (Å²) in [5.74, 6) is 0.687. The molecule has 19 heavy (non-hydrogen) atoms. The van der Waals surface area contributed by atoms with E-state index in [0.717, 1.165) is 18.5 Å². The number of allylic oxidation sites excluding steroid dienone is 1. The van der Waals surface area contributed by atoms with E-state index in [4.69, 9.17) is 0 Å². The molecule has 1 N–H and O–H groups in total. The summed E-state index contributed by atoms with van der Waals surface area (Å²) in [6, 6.07) is 4.28. The Hall–Kier alpha value is -1.90. The van der Waals surface area contributed by atoms with Crippen LogP contribution in [0.1, 0.15) is 49.1 Å². The fourth-order valence-electron chi connectivity index (χ4n) is 2.79. The average Bonchev–Trinajstić information content (AvgIpc) is 3.20. The third-order valence-electron chi connectivity index (χ3n) is 4.09. The molecule has 4 rings (SSSR count). The van der Waals surface area contributed by atoms with Crippen molar-refractivity contribution >= 4 is 6.08 Å². The van der Waals surface area contributed by atoms with Crippen molar-refractivity contribution in [3.8, 4) is 11.3 Å². The quantitative estimate of drug-likeness (QED) is 0.884. The van der Waals surface area contributed by atoms with Crippen LogP contribution >= 0.6 is 0 Å². The Morgan fingerprint density at radius 2 is 2.16 bits per heavy atom. The van der Waals surface area contributed by atoms with E-state index < -0.39 is 0 Å². The number of hydrogen-bond donors (Lipinski definition) is 1. The molecule has 2 aromatic heterocycles. The summed E-state index contributed by atoms with van der Waals surface area (Å²) in [6.07, 6.45) is 8.98. The van der Waals surface area contributed by atoms with Crippen molar-refractivity contribution in [2.45, 2.75) is 38.5 Å². The van der Waals surface area contributed by atoms with E-state index in [9.17, 15) is 0 Å². The van der Waals surface area contributed by atoms with Gasteiger partial charge in [0, 0.05) is 34.6 Å². The summed E-state index contributed by atoms with van der Waals surface area (Å²) >= 11 is 0. The van der Waals surface area contributed by atoms with E-state index in [1.54, 1.807) is 0 Å². The minimum atomic E-state index is 0.687. The molecular weight excluding hydrogens is 234 g/mol. The Morgan fingerprint density at radius 1 is 1.26 bits per heavy atom. The average molecular weight is 251 g/mol. The minimum absolute atomic E-state index is 0.687. The highest BCUT2D eigenvalue weighted by Gasteiger charge is 2.25. The Balaban J connectivity index is 1.81. The van der Waals surface area contributed by atoms with Crippen LogP contribution in [0.2, 0.25) is 0 Å². The SMILES string of the molecule is CC1=Cc2c(-c3ccnc(C4CC4)c3)n[nH]c2CC1. The van der Waals surface area contributed by atoms with E-state index in [-0.39, 0.29) is 0 Å². The predicted molar refractivity (Wildman–Crippen MR) is 75.8 cm³/mol. The molecule has 0 aromatic carbocycles. The van der Waals surface area contributed by atoms with Crippen LogP contribution in [0, 0.1) is 0 Å². The van der Waals surface area contributed by atoms with Crippen molar-refractivity contribution in [3.05, 3.63) is 40.9 Å². The fourth-order valence-corrected chi connectivity index (χ4v) is 2.79. The number of nitrogens with one attached hydrogen (secondary N) is 1. The van der Waals surface area contributed by atoms with E-state index in [1.807, 2.05) is 6.20 Å². The summed E-state index contributed by atoms with van der Waals surface area (Å²) in [5.41, 5.74) is 7.48. The van der Waals surface area contributed by atoms with Gasteiger partial charge in [-0.3, -0.25) is 10.1 Å². The molecule has 3 heteroatoms. The van der Waals surface area contributed by atoms with Gasteiger partial charge in [0.15, 0.2) is 0 Å². The van der Waals surface area contributed by atoms with Crippen molar-refractivity contribution in [2.24, 2.45) is 0 Å². The smallest absolute Gasteiger partial charge is 0.0997 e. The molecule has 0 aliphatic heterocycles. The number of nitrogens with zero attached hydrogens (tertiary/aromatic N) is 2. The van der Waals surface area contributed by atoms with Gasteiger partial charge in [0.05, 0.1) is 5.69 Å². The lowest BCUT2D eigenvalue weighted by Crippen LogP contribution is -1.96. The third kappa shape index (κ3) is 1.89. The van der Waals surface area contributed by atoms with Crippen LogP contribution in [0.15, 0.2) is 23.9 Å². The molecule has 2 aliphatic carbocycles. The lowest BCUT2D eigenvalue weighted by atomic mass is 9.95. The van der Waals surface area contributed by atoms with E-state index in [0.29, 0.717) is 5.92 Å². The first-order valence-electron chi connectivity index (χ1n) is 7.02. The van der Waals surface area contributed by atoms with Gasteiger partial charge >= 0.3 is 0 Å². The van der Waals surface area contributed by atoms with Crippen molar-refractivity contribution in [3.63, 3.8) is 0 Å². The van der Waals surface area contributed by atoms with Crippen LogP contribution in [0.25, 0.3) is 17.3 Å². The van der Waals surface area contributed by atoms with Crippen molar-refractivity contribution in [1.29, 1.82) is 0 Å². The maximum absolute atomic E-state index is 4.53. The van der Waals surface area contributed by atoms with Crippen molar-refractivity contribution < 1.29 is 0 Å². The molecule has 0 saturated heterocycles. The first-order valence-corrected chi connectivity index (χ1v) is 7.02. The Kier molecular flexibility index (Phi) is 2.34. The highest BCUT2D eigenvalue weighted by Crippen LogP contribution is 2.40. The Labute approximate surface area is 112 Å². The number of aryl methyl sites for hydroxylation is 1. The lowest BCUT2D eigenvalue weighted by Gasteiger charge is -2.10. The molecule has 2 aromatic rings. The molecule has 3 nitrogen and oxygen atoms in total. The number of fused-ring (bicyclic) bond motifs is 1. The molecule has 2 aliphatic rings. The predicted octanol–water partition coefficient (Wildman–Crippen LogP) is 3.70. The fraction of sp³-hybridized carbons (Fsp3) is 0.375. The third-order valence-corrected chi connectivity index (χ3v) is 4.09. The topological polar surface area (TPSA) is 41.6 Å². The largest absolute Gasteiger partial charge is 0.281 e. The van der Waals surface area contributed by atoms with Gasteiger partial charge in [0.2, 0.25) is 0 Å². The van der Waals surface area contributed by atoms with Gasteiger partial charge in [-0.1, -0.05) is 11.6 Å². The first kappa shape index (κ1) is 11.0. The monoisotopic (exact) mass is 251 g/mol. The lowest BCUT2D eigenvalue weighted by molar-refractivity contribution is 0.873. The summed E-state index contributed by atoms with van der Waals surface area (Å²) in [7, 11) is 0. The molecular formula is C16H17N3. The summed E-state index contributed by atoms with van der Waals surface area (Å²) in [4.78, 5) is 4.48. The van der Waals surface area contributed by atoms with Crippen LogP contribution in [0.4, 0.5) is 0 Å². The maximum Gasteiger partial charge on any atom is 0.0997 e. The molecule has 0 unspecified atom stereocenters. The number of H-pyrrole nitrogens is 1. The van der Waals surface area contributed by atoms with Crippen LogP contribution in [0.5, 0.6) is 0 Å². The molecule has 0 spiro atoms. The molecule has 0 radical (unpaired) electrons. The number of aromatic nitrogens is 3. The molecule has 0 bridgehead atoms. The number of pyridine rings is 1. The standard InChI is InChI=1S/C16H17N3/c1-10-2-5-14-13(8-10)16(19-18-14)12-6-7-17-15(9-12)11-3-4-11/h6-9,11H,2-5H2,1H3,(H,18,19). The minimum Gasteiger partial charge on any atom is -0.281 e. The van der Waals surface area contributed by atoms with Crippen molar-refractivity contribution in [2.75, 3.05) is 0 Å². The second kappa shape index (κ2) is 4.05. The molecule has 1 saturated carbocycles. The number of aromatic amines is 1. The van der Waals surface area contributed by atoms with Gasteiger partial charge in [-0.15, -0.1) is 0 Å². The molecule has 96 valence electrons. The zero-order valence-electron chi connectivity index (χ0n) is 11.1. The maximum atomic E-state index is 4.53. The highest BCUT2D eigenvalue weighted by atomic mass is 15.1. The zero-order chi connectivity index (χ0) is 12.8. The van der Waals surface area contributed by atoms with Gasteiger partial charge in [-0.25, -0.2) is 0 Å². The van der Waals surface area contributed by atoms with Crippen LogP contribution < -0.4 is 0 Å². The van der Waals surface area contributed by atoms with Crippen molar-refractivity contribution in [1.82, 2.24) is 15.2 Å². The van der Waals surface area contributed by atoms with Gasteiger partial charge < -0.3 is 0 Å². The Morgan fingerprint density at radius 3 is 3.00 bits per heavy atom. The molecule has 1 fully saturated rings. The second-order valence-electron chi connectivity index (χ2n) is 5.70. The van der Waals surface area contributed by atoms with E-state index in [2.05, 4.69) is 40.3 Å². The van der Waals surface area contributed by atoms with E-state index >= 15 is 0 Å². The Bertz CT molecular complexity index is 662. The molecule has 2 heterocycles. The van der Waals surface area contributed by atoms with Gasteiger partial charge in [-0.05, 0) is 44.7 Å². The highest BCUT2D eigenvalue weighted by molar-refractivity contribution is 5.75. The van der Waals surface area contributed by atoms with Gasteiger partial charge in [0.25, 0.3) is 0 Å². The normalized spacial score (nSPS) is 18.1. The summed E-state index contributed by atoms with van der Waals surface area (Å²) in [5, 5.41) is 7.72. The van der Waals surface area contributed by atoms with E-state index in [1.165, 1.54) is 40.9 Å².